The third-order valence-corrected chi connectivity index (χ3v) is 3.93. The van der Waals surface area contributed by atoms with Gasteiger partial charge in [-0.1, -0.05) is 18.5 Å². The van der Waals surface area contributed by atoms with Crippen LogP contribution in [0.3, 0.4) is 0 Å². The highest BCUT2D eigenvalue weighted by Gasteiger charge is 2.12. The zero-order valence-electron chi connectivity index (χ0n) is 14.6. The van der Waals surface area contributed by atoms with Crippen LogP contribution in [-0.4, -0.2) is 23.2 Å². The van der Waals surface area contributed by atoms with Gasteiger partial charge in [-0.3, -0.25) is 0 Å². The van der Waals surface area contributed by atoms with Gasteiger partial charge in [-0.2, -0.15) is 0 Å². The fraction of sp³-hybridized carbons (Fsp3) is 0.263. The number of fused-ring (bicyclic) bond motifs is 1. The number of benzene rings is 2. The summed E-state index contributed by atoms with van der Waals surface area (Å²) in [7, 11) is 0. The van der Waals surface area contributed by atoms with E-state index in [-0.39, 0.29) is 5.02 Å². The summed E-state index contributed by atoms with van der Waals surface area (Å²) < 4.78 is 24.8. The Kier molecular flexibility index (Phi) is 5.73. The predicted molar refractivity (Wildman–Crippen MR) is 101 cm³/mol. The van der Waals surface area contributed by atoms with Crippen molar-refractivity contribution in [1.29, 1.82) is 0 Å². The van der Waals surface area contributed by atoms with E-state index in [1.165, 1.54) is 18.5 Å². The summed E-state index contributed by atoms with van der Waals surface area (Å²) in [5, 5.41) is 3.96. The van der Waals surface area contributed by atoms with Crippen LogP contribution in [0.4, 0.5) is 15.9 Å². The van der Waals surface area contributed by atoms with Gasteiger partial charge >= 0.3 is 0 Å². The molecular formula is C19H19ClFN3O2. The lowest BCUT2D eigenvalue weighted by atomic mass is 10.2. The van der Waals surface area contributed by atoms with Gasteiger partial charge in [-0.25, -0.2) is 14.4 Å². The highest BCUT2D eigenvalue weighted by molar-refractivity contribution is 6.31. The number of halogens is 2. The third-order valence-electron chi connectivity index (χ3n) is 3.64. The molecule has 0 aliphatic heterocycles. The van der Waals surface area contributed by atoms with Gasteiger partial charge in [0.15, 0.2) is 11.5 Å². The number of aromatic nitrogens is 2. The van der Waals surface area contributed by atoms with Gasteiger partial charge in [0, 0.05) is 17.1 Å². The Morgan fingerprint density at radius 3 is 2.62 bits per heavy atom. The van der Waals surface area contributed by atoms with Crippen LogP contribution in [0.15, 0.2) is 36.7 Å². The molecule has 136 valence electrons. The molecular weight excluding hydrogens is 357 g/mol. The molecule has 0 saturated carbocycles. The van der Waals surface area contributed by atoms with Crippen LogP contribution >= 0.6 is 11.6 Å². The van der Waals surface area contributed by atoms with E-state index in [2.05, 4.69) is 15.3 Å². The fourth-order valence-electron chi connectivity index (χ4n) is 2.47. The summed E-state index contributed by atoms with van der Waals surface area (Å²) in [5.74, 6) is 1.38. The number of nitrogens with one attached hydrogen (secondary N) is 1. The van der Waals surface area contributed by atoms with Crippen LogP contribution in [-0.2, 0) is 0 Å². The predicted octanol–water partition coefficient (Wildman–Crippen LogP) is 5.35. The first-order valence-corrected chi connectivity index (χ1v) is 8.76. The van der Waals surface area contributed by atoms with Crippen molar-refractivity contribution in [3.8, 4) is 11.5 Å². The Balaban J connectivity index is 2.03. The molecule has 0 unspecified atom stereocenters. The van der Waals surface area contributed by atoms with E-state index < -0.39 is 5.82 Å². The number of nitrogens with zero attached hydrogens (tertiary/aromatic N) is 2. The lowest BCUT2D eigenvalue weighted by Gasteiger charge is -2.14. The Hall–Kier alpha value is -2.60. The molecule has 7 heteroatoms. The van der Waals surface area contributed by atoms with Gasteiger partial charge in [-0.15, -0.1) is 0 Å². The molecule has 1 N–H and O–H groups in total. The summed E-state index contributed by atoms with van der Waals surface area (Å²) in [6.45, 7) is 5.06. The standard InChI is InChI=1S/C19H19ClFN3O2/c1-3-7-26-17-9-13-16(10-18(17)25-4-2)22-11-23-19(13)24-12-5-6-15(21)14(20)8-12/h5-6,8-11H,3-4,7H2,1-2H3,(H,22,23,24). The average Bonchev–Trinajstić information content (AvgIpc) is 2.63. The van der Waals surface area contributed by atoms with E-state index in [0.717, 1.165) is 11.8 Å². The van der Waals surface area contributed by atoms with E-state index in [9.17, 15) is 4.39 Å². The van der Waals surface area contributed by atoms with Crippen molar-refractivity contribution in [2.75, 3.05) is 18.5 Å². The maximum Gasteiger partial charge on any atom is 0.163 e. The molecule has 5 nitrogen and oxygen atoms in total. The molecule has 0 aliphatic carbocycles. The Morgan fingerprint density at radius 1 is 1.08 bits per heavy atom. The Morgan fingerprint density at radius 2 is 1.88 bits per heavy atom. The average molecular weight is 376 g/mol. The largest absolute Gasteiger partial charge is 0.490 e. The summed E-state index contributed by atoms with van der Waals surface area (Å²) in [6, 6.07) is 8.08. The summed E-state index contributed by atoms with van der Waals surface area (Å²) in [6.07, 6.45) is 2.34. The molecule has 1 aromatic heterocycles. The molecule has 0 radical (unpaired) electrons. The second-order valence-corrected chi connectivity index (χ2v) is 5.98. The second kappa shape index (κ2) is 8.19. The van der Waals surface area contributed by atoms with Crippen molar-refractivity contribution in [2.45, 2.75) is 20.3 Å². The molecule has 2 aromatic carbocycles. The number of ether oxygens (including phenoxy) is 2. The van der Waals surface area contributed by atoms with E-state index >= 15 is 0 Å². The van der Waals surface area contributed by atoms with Crippen LogP contribution in [0.5, 0.6) is 11.5 Å². The van der Waals surface area contributed by atoms with E-state index in [1.807, 2.05) is 26.0 Å². The van der Waals surface area contributed by atoms with Gasteiger partial charge < -0.3 is 14.8 Å². The van der Waals surface area contributed by atoms with Crippen molar-refractivity contribution in [3.05, 3.63) is 47.5 Å². The normalized spacial score (nSPS) is 10.8. The molecule has 0 amide bonds. The van der Waals surface area contributed by atoms with Crippen molar-refractivity contribution in [1.82, 2.24) is 9.97 Å². The molecule has 1 heterocycles. The molecule has 26 heavy (non-hydrogen) atoms. The van der Waals surface area contributed by atoms with Gasteiger partial charge in [0.2, 0.25) is 0 Å². The maximum absolute atomic E-state index is 13.4. The first-order valence-electron chi connectivity index (χ1n) is 8.38. The van der Waals surface area contributed by atoms with Crippen LogP contribution < -0.4 is 14.8 Å². The highest BCUT2D eigenvalue weighted by Crippen LogP contribution is 2.35. The topological polar surface area (TPSA) is 56.3 Å². The zero-order valence-corrected chi connectivity index (χ0v) is 15.3. The maximum atomic E-state index is 13.4. The lowest BCUT2D eigenvalue weighted by Crippen LogP contribution is -2.02. The Labute approximate surface area is 156 Å². The fourth-order valence-corrected chi connectivity index (χ4v) is 2.65. The van der Waals surface area contributed by atoms with Crippen molar-refractivity contribution in [3.63, 3.8) is 0 Å². The van der Waals surface area contributed by atoms with Crippen molar-refractivity contribution in [2.24, 2.45) is 0 Å². The zero-order chi connectivity index (χ0) is 18.5. The summed E-state index contributed by atoms with van der Waals surface area (Å²) in [4.78, 5) is 8.60. The van der Waals surface area contributed by atoms with Gasteiger partial charge in [-0.05, 0) is 37.6 Å². The van der Waals surface area contributed by atoms with E-state index in [0.29, 0.717) is 41.7 Å². The van der Waals surface area contributed by atoms with Crippen LogP contribution in [0.1, 0.15) is 20.3 Å². The van der Waals surface area contributed by atoms with Crippen LogP contribution in [0.2, 0.25) is 5.02 Å². The molecule has 0 aliphatic rings. The van der Waals surface area contributed by atoms with Crippen LogP contribution in [0, 0.1) is 5.82 Å². The molecule has 0 atom stereocenters. The summed E-state index contributed by atoms with van der Waals surface area (Å²) in [5.41, 5.74) is 1.34. The molecule has 0 fully saturated rings. The van der Waals surface area contributed by atoms with Gasteiger partial charge in [0.25, 0.3) is 0 Å². The lowest BCUT2D eigenvalue weighted by molar-refractivity contribution is 0.277. The minimum atomic E-state index is -0.471. The number of hydrogen-bond acceptors (Lipinski definition) is 5. The van der Waals surface area contributed by atoms with Gasteiger partial charge in [0.05, 0.1) is 23.8 Å². The number of hydrogen-bond donors (Lipinski definition) is 1. The second-order valence-electron chi connectivity index (χ2n) is 5.57. The minimum absolute atomic E-state index is 0.0407. The quantitative estimate of drug-likeness (QED) is 0.603. The smallest absolute Gasteiger partial charge is 0.163 e. The minimum Gasteiger partial charge on any atom is -0.490 e. The molecule has 3 rings (SSSR count). The molecule has 0 bridgehead atoms. The SMILES string of the molecule is CCCOc1cc2c(Nc3ccc(F)c(Cl)c3)ncnc2cc1OCC. The van der Waals surface area contributed by atoms with Crippen molar-refractivity contribution < 1.29 is 13.9 Å². The van der Waals surface area contributed by atoms with E-state index in [1.54, 1.807) is 6.07 Å². The molecule has 3 aromatic rings. The van der Waals surface area contributed by atoms with Gasteiger partial charge in [0.1, 0.15) is 18.0 Å². The monoisotopic (exact) mass is 375 g/mol. The third kappa shape index (κ3) is 3.96. The highest BCUT2D eigenvalue weighted by atomic mass is 35.5. The number of anilines is 2. The molecule has 0 spiro atoms. The first-order chi connectivity index (χ1) is 12.6. The Bertz CT molecular complexity index is 921. The van der Waals surface area contributed by atoms with Crippen molar-refractivity contribution >= 4 is 34.0 Å². The van der Waals surface area contributed by atoms with E-state index in [4.69, 9.17) is 21.1 Å². The molecule has 0 saturated heterocycles. The number of rotatable bonds is 7. The summed E-state index contributed by atoms with van der Waals surface area (Å²) >= 11 is 5.85. The first kappa shape index (κ1) is 18.2. The van der Waals surface area contributed by atoms with Crippen LogP contribution in [0.25, 0.3) is 10.9 Å².